The third kappa shape index (κ3) is 4.73. The Morgan fingerprint density at radius 1 is 0.906 bits per heavy atom. The first-order valence-corrected chi connectivity index (χ1v) is 10.0. The number of hydrogen-bond acceptors (Lipinski definition) is 6. The first-order chi connectivity index (χ1) is 15.5. The van der Waals surface area contributed by atoms with Crippen molar-refractivity contribution in [3.05, 3.63) is 84.6 Å². The Labute approximate surface area is 185 Å². The van der Waals surface area contributed by atoms with Gasteiger partial charge in [0.05, 0.1) is 35.6 Å². The Balaban J connectivity index is 1.39. The van der Waals surface area contributed by atoms with Gasteiger partial charge in [-0.25, -0.2) is 9.78 Å². The summed E-state index contributed by atoms with van der Waals surface area (Å²) in [5, 5.41) is 2.77. The molecule has 160 valence electrons. The van der Waals surface area contributed by atoms with E-state index in [0.717, 1.165) is 22.3 Å². The topological polar surface area (TPSA) is 90.4 Å². The number of anilines is 1. The number of rotatable bonds is 6. The van der Waals surface area contributed by atoms with E-state index in [4.69, 9.17) is 4.74 Å². The van der Waals surface area contributed by atoms with E-state index in [9.17, 15) is 9.59 Å². The monoisotopic (exact) mass is 427 g/mol. The predicted octanol–water partition coefficient (Wildman–Crippen LogP) is 4.49. The van der Waals surface area contributed by atoms with Crippen molar-refractivity contribution in [2.45, 2.75) is 13.0 Å². The van der Waals surface area contributed by atoms with Gasteiger partial charge in [0, 0.05) is 11.3 Å². The molecule has 3 aromatic carbocycles. The normalized spacial score (nSPS) is 11.6. The van der Waals surface area contributed by atoms with Gasteiger partial charge in [0.2, 0.25) is 0 Å². The number of methoxy groups -OCH3 is 1. The quantitative estimate of drug-likeness (QED) is 0.456. The van der Waals surface area contributed by atoms with Gasteiger partial charge in [0.25, 0.3) is 5.91 Å². The van der Waals surface area contributed by atoms with E-state index in [1.54, 1.807) is 49.5 Å². The van der Waals surface area contributed by atoms with Gasteiger partial charge in [-0.2, -0.15) is 0 Å². The Bertz CT molecular complexity index is 1250. The van der Waals surface area contributed by atoms with Crippen LogP contribution in [0.3, 0.4) is 0 Å². The van der Waals surface area contributed by atoms with Gasteiger partial charge >= 0.3 is 5.97 Å². The van der Waals surface area contributed by atoms with Crippen LogP contribution < -0.4 is 10.1 Å². The largest absolute Gasteiger partial charge is 0.481 e. The van der Waals surface area contributed by atoms with E-state index in [-0.39, 0.29) is 5.91 Å². The Morgan fingerprint density at radius 3 is 2.28 bits per heavy atom. The number of fused-ring (bicyclic) bond motifs is 1. The summed E-state index contributed by atoms with van der Waals surface area (Å²) in [5.74, 6) is -0.177. The predicted molar refractivity (Wildman–Crippen MR) is 121 cm³/mol. The minimum atomic E-state index is -0.721. The Morgan fingerprint density at radius 2 is 1.59 bits per heavy atom. The maximum Gasteiger partial charge on any atom is 0.337 e. The SMILES string of the molecule is COC(=O)c1ccc(NC(=O)C(C)Oc2ccc(-c3cnc4ccccc4n3)cc2)cc1. The lowest BCUT2D eigenvalue weighted by Crippen LogP contribution is -2.30. The van der Waals surface area contributed by atoms with Gasteiger partial charge in [-0.05, 0) is 67.6 Å². The first-order valence-electron chi connectivity index (χ1n) is 10.0. The summed E-state index contributed by atoms with van der Waals surface area (Å²) < 4.78 is 10.4. The molecule has 1 N–H and O–H groups in total. The fourth-order valence-electron chi connectivity index (χ4n) is 3.11. The maximum atomic E-state index is 12.5. The van der Waals surface area contributed by atoms with Crippen molar-refractivity contribution in [1.29, 1.82) is 0 Å². The standard InChI is InChI=1S/C25H21N3O4/c1-16(24(29)27-19-11-7-18(8-12-19)25(30)31-2)32-20-13-9-17(10-14-20)23-15-26-21-5-3-4-6-22(21)28-23/h3-16H,1-2H3,(H,27,29). The van der Waals surface area contributed by atoms with Crippen molar-refractivity contribution in [2.24, 2.45) is 0 Å². The van der Waals surface area contributed by atoms with Crippen molar-refractivity contribution in [2.75, 3.05) is 12.4 Å². The second-order valence-corrected chi connectivity index (χ2v) is 7.09. The molecule has 0 aliphatic rings. The lowest BCUT2D eigenvalue weighted by Gasteiger charge is -2.15. The molecule has 1 aromatic heterocycles. The first kappa shape index (κ1) is 21.0. The minimum Gasteiger partial charge on any atom is -0.481 e. The van der Waals surface area contributed by atoms with Crippen LogP contribution in [0.2, 0.25) is 0 Å². The molecule has 1 unspecified atom stereocenters. The number of nitrogens with one attached hydrogen (secondary N) is 1. The van der Waals surface area contributed by atoms with Crippen molar-refractivity contribution in [1.82, 2.24) is 9.97 Å². The van der Waals surface area contributed by atoms with Crippen LogP contribution in [0.15, 0.2) is 79.0 Å². The number of amides is 1. The minimum absolute atomic E-state index is 0.305. The van der Waals surface area contributed by atoms with E-state index in [0.29, 0.717) is 17.0 Å². The molecule has 0 bridgehead atoms. The summed E-state index contributed by atoms with van der Waals surface area (Å²) in [6.45, 7) is 1.67. The van der Waals surface area contributed by atoms with E-state index in [1.807, 2.05) is 36.4 Å². The van der Waals surface area contributed by atoms with Crippen LogP contribution in [0.4, 0.5) is 5.69 Å². The molecule has 0 saturated heterocycles. The summed E-state index contributed by atoms with van der Waals surface area (Å²) in [5.41, 5.74) is 4.30. The lowest BCUT2D eigenvalue weighted by atomic mass is 10.1. The van der Waals surface area contributed by atoms with Crippen LogP contribution in [0.1, 0.15) is 17.3 Å². The van der Waals surface area contributed by atoms with Crippen LogP contribution in [-0.4, -0.2) is 35.1 Å². The zero-order chi connectivity index (χ0) is 22.5. The number of carbonyl (C=O) groups excluding carboxylic acids is 2. The number of benzene rings is 3. The molecule has 1 amide bonds. The molecule has 32 heavy (non-hydrogen) atoms. The molecule has 7 nitrogen and oxygen atoms in total. The molecule has 4 aromatic rings. The summed E-state index contributed by atoms with van der Waals surface area (Å²) >= 11 is 0. The number of para-hydroxylation sites is 2. The fraction of sp³-hybridized carbons (Fsp3) is 0.120. The van der Waals surface area contributed by atoms with Gasteiger partial charge in [-0.1, -0.05) is 12.1 Å². The number of nitrogens with zero attached hydrogens (tertiary/aromatic N) is 2. The second kappa shape index (κ2) is 9.26. The number of carbonyl (C=O) groups is 2. The van der Waals surface area contributed by atoms with Gasteiger partial charge in [-0.3, -0.25) is 9.78 Å². The highest BCUT2D eigenvalue weighted by molar-refractivity contribution is 5.95. The summed E-state index contributed by atoms with van der Waals surface area (Å²) in [4.78, 5) is 33.0. The lowest BCUT2D eigenvalue weighted by molar-refractivity contribution is -0.122. The van der Waals surface area contributed by atoms with Crippen LogP contribution in [0, 0.1) is 0 Å². The smallest absolute Gasteiger partial charge is 0.337 e. The average Bonchev–Trinajstić information content (AvgIpc) is 2.84. The Hall–Kier alpha value is -4.26. The van der Waals surface area contributed by atoms with Gasteiger partial charge in [0.15, 0.2) is 6.10 Å². The maximum absolute atomic E-state index is 12.5. The van der Waals surface area contributed by atoms with E-state index in [2.05, 4.69) is 20.0 Å². The van der Waals surface area contributed by atoms with Crippen LogP contribution >= 0.6 is 0 Å². The highest BCUT2D eigenvalue weighted by Crippen LogP contribution is 2.23. The molecule has 0 aliphatic heterocycles. The zero-order valence-electron chi connectivity index (χ0n) is 17.6. The van der Waals surface area contributed by atoms with E-state index < -0.39 is 12.1 Å². The molecule has 0 aliphatic carbocycles. The molecule has 7 heteroatoms. The van der Waals surface area contributed by atoms with Crippen molar-refractivity contribution in [3.63, 3.8) is 0 Å². The molecular weight excluding hydrogens is 406 g/mol. The van der Waals surface area contributed by atoms with Crippen molar-refractivity contribution in [3.8, 4) is 17.0 Å². The van der Waals surface area contributed by atoms with Crippen LogP contribution in [0.5, 0.6) is 5.75 Å². The van der Waals surface area contributed by atoms with Gasteiger partial charge in [0.1, 0.15) is 5.75 Å². The zero-order valence-corrected chi connectivity index (χ0v) is 17.6. The second-order valence-electron chi connectivity index (χ2n) is 7.09. The molecule has 1 heterocycles. The third-order valence-electron chi connectivity index (χ3n) is 4.85. The van der Waals surface area contributed by atoms with Gasteiger partial charge < -0.3 is 14.8 Å². The van der Waals surface area contributed by atoms with E-state index >= 15 is 0 Å². The molecular formula is C25H21N3O4. The molecule has 0 saturated carbocycles. The summed E-state index contributed by atoms with van der Waals surface area (Å²) in [7, 11) is 1.32. The molecule has 0 radical (unpaired) electrons. The number of aromatic nitrogens is 2. The molecule has 1 atom stereocenters. The van der Waals surface area contributed by atoms with E-state index in [1.165, 1.54) is 7.11 Å². The molecule has 4 rings (SSSR count). The van der Waals surface area contributed by atoms with Crippen molar-refractivity contribution >= 4 is 28.6 Å². The van der Waals surface area contributed by atoms with Crippen LogP contribution in [-0.2, 0) is 9.53 Å². The van der Waals surface area contributed by atoms with Crippen molar-refractivity contribution < 1.29 is 19.1 Å². The average molecular weight is 427 g/mol. The van der Waals surface area contributed by atoms with Gasteiger partial charge in [-0.15, -0.1) is 0 Å². The number of ether oxygens (including phenoxy) is 2. The Kier molecular flexibility index (Phi) is 6.07. The fourth-order valence-corrected chi connectivity index (χ4v) is 3.11. The molecule has 0 spiro atoms. The molecule has 0 fully saturated rings. The number of hydrogen-bond donors (Lipinski definition) is 1. The summed E-state index contributed by atoms with van der Waals surface area (Å²) in [6.07, 6.45) is 1.02. The van der Waals surface area contributed by atoms with Crippen LogP contribution in [0.25, 0.3) is 22.3 Å². The third-order valence-corrected chi connectivity index (χ3v) is 4.85. The highest BCUT2D eigenvalue weighted by atomic mass is 16.5. The highest BCUT2D eigenvalue weighted by Gasteiger charge is 2.15. The number of esters is 1. The summed E-state index contributed by atoms with van der Waals surface area (Å²) in [6, 6.07) is 21.5.